The minimum absolute atomic E-state index is 0.0567. The van der Waals surface area contributed by atoms with Crippen LogP contribution in [-0.2, 0) is 18.9 Å². The highest BCUT2D eigenvalue weighted by Gasteiger charge is 2.02. The Hall–Kier alpha value is -0.200. The van der Waals surface area contributed by atoms with Crippen LogP contribution in [0.25, 0.3) is 0 Å². The first-order valence-corrected chi connectivity index (χ1v) is 9.26. The van der Waals surface area contributed by atoms with Crippen LogP contribution in [0.4, 0.5) is 0 Å². The number of aliphatic hydroxyl groups is 1. The maximum atomic E-state index is 8.51. The normalized spacial score (nSPS) is 11.5. The van der Waals surface area contributed by atoms with Gasteiger partial charge in [-0.1, -0.05) is 46.0 Å². The van der Waals surface area contributed by atoms with Crippen molar-refractivity contribution in [3.8, 4) is 0 Å². The summed E-state index contributed by atoms with van der Waals surface area (Å²) in [7, 11) is 0. The summed E-state index contributed by atoms with van der Waals surface area (Å²) in [6, 6.07) is 0. The fraction of sp³-hybridized carbons (Fsp3) is 1.00. The first kappa shape index (κ1) is 22.8. The minimum atomic E-state index is 0.0567. The van der Waals surface area contributed by atoms with Gasteiger partial charge < -0.3 is 24.1 Å². The van der Waals surface area contributed by atoms with E-state index >= 15 is 0 Å². The number of rotatable bonds is 19. The molecule has 0 rings (SSSR count). The standard InChI is InChI=1S/C18H38O5/c1-3-18(4-2)8-6-5-7-10-20-12-14-22-16-17-23-15-13-21-11-9-19/h18-19H,3-17H2,1-2H3. The van der Waals surface area contributed by atoms with Crippen LogP contribution in [0.15, 0.2) is 0 Å². The third kappa shape index (κ3) is 18.0. The molecule has 0 bridgehead atoms. The Labute approximate surface area is 142 Å². The third-order valence-electron chi connectivity index (χ3n) is 3.91. The fourth-order valence-electron chi connectivity index (χ4n) is 2.34. The number of unbranched alkanes of at least 4 members (excludes halogenated alkanes) is 2. The summed E-state index contributed by atoms with van der Waals surface area (Å²) < 4.78 is 21.4. The molecule has 0 aromatic carbocycles. The van der Waals surface area contributed by atoms with E-state index in [0.717, 1.165) is 18.9 Å². The maximum Gasteiger partial charge on any atom is 0.0701 e. The van der Waals surface area contributed by atoms with E-state index in [1.807, 2.05) is 0 Å². The van der Waals surface area contributed by atoms with Crippen LogP contribution in [0.3, 0.4) is 0 Å². The van der Waals surface area contributed by atoms with Crippen LogP contribution >= 0.6 is 0 Å². The van der Waals surface area contributed by atoms with E-state index in [-0.39, 0.29) is 6.61 Å². The number of aliphatic hydroxyl groups excluding tert-OH is 1. The van der Waals surface area contributed by atoms with Crippen molar-refractivity contribution in [3.63, 3.8) is 0 Å². The molecule has 0 radical (unpaired) electrons. The van der Waals surface area contributed by atoms with Crippen LogP contribution in [0.1, 0.15) is 52.4 Å². The molecule has 0 saturated heterocycles. The van der Waals surface area contributed by atoms with E-state index in [1.165, 1.54) is 32.1 Å². The lowest BCUT2D eigenvalue weighted by molar-refractivity contribution is -0.00578. The van der Waals surface area contributed by atoms with E-state index in [4.69, 9.17) is 24.1 Å². The monoisotopic (exact) mass is 334 g/mol. The van der Waals surface area contributed by atoms with E-state index in [0.29, 0.717) is 46.2 Å². The second kappa shape index (κ2) is 19.8. The zero-order valence-electron chi connectivity index (χ0n) is 15.3. The summed E-state index contributed by atoms with van der Waals surface area (Å²) in [5, 5.41) is 8.51. The van der Waals surface area contributed by atoms with E-state index in [9.17, 15) is 0 Å². The molecule has 0 aromatic rings. The number of hydrogen-bond acceptors (Lipinski definition) is 5. The lowest BCUT2D eigenvalue weighted by Crippen LogP contribution is -2.12. The van der Waals surface area contributed by atoms with Crippen molar-refractivity contribution >= 4 is 0 Å². The Morgan fingerprint density at radius 2 is 1.09 bits per heavy atom. The quantitative estimate of drug-likeness (QED) is 0.368. The summed E-state index contributed by atoms with van der Waals surface area (Å²) in [5.74, 6) is 0.910. The lowest BCUT2D eigenvalue weighted by atomic mass is 9.96. The molecule has 0 fully saturated rings. The molecule has 0 atom stereocenters. The van der Waals surface area contributed by atoms with Gasteiger partial charge in [-0.25, -0.2) is 0 Å². The largest absolute Gasteiger partial charge is 0.394 e. The molecular formula is C18H38O5. The Kier molecular flexibility index (Phi) is 19.7. The van der Waals surface area contributed by atoms with Crippen molar-refractivity contribution in [2.24, 2.45) is 5.92 Å². The summed E-state index contributed by atoms with van der Waals surface area (Å²) >= 11 is 0. The van der Waals surface area contributed by atoms with Crippen molar-refractivity contribution in [2.75, 3.05) is 59.5 Å². The molecule has 0 aliphatic carbocycles. The second-order valence-corrected chi connectivity index (χ2v) is 5.70. The molecule has 0 aliphatic rings. The molecule has 1 N–H and O–H groups in total. The predicted octanol–water partition coefficient (Wildman–Crippen LogP) is 3.04. The Morgan fingerprint density at radius 3 is 1.57 bits per heavy atom. The SMILES string of the molecule is CCC(CC)CCCCCOCCOCCOCCOCCO. The first-order valence-electron chi connectivity index (χ1n) is 9.26. The van der Waals surface area contributed by atoms with Gasteiger partial charge in [-0.3, -0.25) is 0 Å². The number of ether oxygens (including phenoxy) is 4. The zero-order chi connectivity index (χ0) is 17.0. The average Bonchev–Trinajstić information content (AvgIpc) is 2.58. The predicted molar refractivity (Wildman–Crippen MR) is 92.9 cm³/mol. The van der Waals surface area contributed by atoms with E-state index in [2.05, 4.69) is 13.8 Å². The molecular weight excluding hydrogens is 296 g/mol. The Bertz CT molecular complexity index is 210. The molecule has 0 unspecified atom stereocenters. The van der Waals surface area contributed by atoms with Gasteiger partial charge in [-0.05, 0) is 12.3 Å². The zero-order valence-corrected chi connectivity index (χ0v) is 15.3. The molecule has 0 amide bonds. The van der Waals surface area contributed by atoms with E-state index in [1.54, 1.807) is 0 Å². The van der Waals surface area contributed by atoms with Crippen molar-refractivity contribution in [1.29, 1.82) is 0 Å². The van der Waals surface area contributed by atoms with E-state index < -0.39 is 0 Å². The maximum absolute atomic E-state index is 8.51. The van der Waals surface area contributed by atoms with Gasteiger partial charge in [-0.2, -0.15) is 0 Å². The molecule has 140 valence electrons. The summed E-state index contributed by atoms with van der Waals surface area (Å²) in [6.07, 6.45) is 7.72. The third-order valence-corrected chi connectivity index (χ3v) is 3.91. The van der Waals surface area contributed by atoms with Gasteiger partial charge in [0.2, 0.25) is 0 Å². The van der Waals surface area contributed by atoms with Crippen LogP contribution < -0.4 is 0 Å². The van der Waals surface area contributed by atoms with Crippen LogP contribution in [0, 0.1) is 5.92 Å². The highest BCUT2D eigenvalue weighted by molar-refractivity contribution is 4.55. The molecule has 23 heavy (non-hydrogen) atoms. The molecule has 0 saturated carbocycles. The molecule has 0 aliphatic heterocycles. The van der Waals surface area contributed by atoms with Gasteiger partial charge in [0.05, 0.1) is 52.9 Å². The van der Waals surface area contributed by atoms with Crippen molar-refractivity contribution in [1.82, 2.24) is 0 Å². The van der Waals surface area contributed by atoms with Gasteiger partial charge in [-0.15, -0.1) is 0 Å². The first-order chi connectivity index (χ1) is 11.3. The van der Waals surface area contributed by atoms with Gasteiger partial charge >= 0.3 is 0 Å². The summed E-state index contributed by atoms with van der Waals surface area (Å²) in [5.41, 5.74) is 0. The number of hydrogen-bond donors (Lipinski definition) is 1. The summed E-state index contributed by atoms with van der Waals surface area (Å²) in [6.45, 7) is 9.32. The molecule has 0 aromatic heterocycles. The van der Waals surface area contributed by atoms with Gasteiger partial charge in [0.1, 0.15) is 0 Å². The smallest absolute Gasteiger partial charge is 0.0701 e. The Balaban J connectivity index is 3.02. The van der Waals surface area contributed by atoms with Gasteiger partial charge in [0.25, 0.3) is 0 Å². The molecule has 5 nitrogen and oxygen atoms in total. The summed E-state index contributed by atoms with van der Waals surface area (Å²) in [4.78, 5) is 0. The van der Waals surface area contributed by atoms with Gasteiger partial charge in [0, 0.05) is 6.61 Å². The highest BCUT2D eigenvalue weighted by Crippen LogP contribution is 2.16. The minimum Gasteiger partial charge on any atom is -0.394 e. The second-order valence-electron chi connectivity index (χ2n) is 5.70. The molecule has 5 heteroatoms. The fourth-order valence-corrected chi connectivity index (χ4v) is 2.34. The lowest BCUT2D eigenvalue weighted by Gasteiger charge is -2.11. The van der Waals surface area contributed by atoms with Crippen molar-refractivity contribution in [3.05, 3.63) is 0 Å². The van der Waals surface area contributed by atoms with Crippen LogP contribution in [0.2, 0.25) is 0 Å². The molecule has 0 spiro atoms. The van der Waals surface area contributed by atoms with Crippen LogP contribution in [0.5, 0.6) is 0 Å². The van der Waals surface area contributed by atoms with Gasteiger partial charge in [0.15, 0.2) is 0 Å². The van der Waals surface area contributed by atoms with Crippen molar-refractivity contribution in [2.45, 2.75) is 52.4 Å². The highest BCUT2D eigenvalue weighted by atomic mass is 16.6. The van der Waals surface area contributed by atoms with Crippen molar-refractivity contribution < 1.29 is 24.1 Å². The molecule has 0 heterocycles. The Morgan fingerprint density at radius 1 is 0.609 bits per heavy atom. The topological polar surface area (TPSA) is 57.2 Å². The van der Waals surface area contributed by atoms with Crippen LogP contribution in [-0.4, -0.2) is 64.6 Å². The average molecular weight is 334 g/mol.